The predicted octanol–water partition coefficient (Wildman–Crippen LogP) is 3.16. The summed E-state index contributed by atoms with van der Waals surface area (Å²) in [6.45, 7) is 0.264. The molecular formula is C23H22N6O3S. The molecule has 0 saturated heterocycles. The molecule has 0 saturated carbocycles. The Kier molecular flexibility index (Phi) is 6.84. The van der Waals surface area contributed by atoms with Gasteiger partial charge in [0.05, 0.1) is 29.8 Å². The van der Waals surface area contributed by atoms with Crippen molar-refractivity contribution in [1.29, 1.82) is 0 Å². The van der Waals surface area contributed by atoms with Gasteiger partial charge in [-0.3, -0.25) is 14.6 Å². The quantitative estimate of drug-likeness (QED) is 0.401. The van der Waals surface area contributed by atoms with E-state index < -0.39 is 0 Å². The van der Waals surface area contributed by atoms with Crippen LogP contribution in [-0.2, 0) is 18.4 Å². The van der Waals surface area contributed by atoms with Gasteiger partial charge in [0.25, 0.3) is 5.91 Å². The zero-order chi connectivity index (χ0) is 23.2. The number of para-hydroxylation sites is 1. The van der Waals surface area contributed by atoms with Gasteiger partial charge in [-0.1, -0.05) is 23.9 Å². The third-order valence-electron chi connectivity index (χ3n) is 4.99. The van der Waals surface area contributed by atoms with E-state index in [4.69, 9.17) is 4.42 Å². The molecule has 0 fully saturated rings. The molecule has 0 radical (unpaired) electrons. The van der Waals surface area contributed by atoms with Crippen LogP contribution in [0.25, 0.3) is 11.4 Å². The largest absolute Gasteiger partial charge is 0.467 e. The summed E-state index contributed by atoms with van der Waals surface area (Å²) in [5.41, 5.74) is 1.82. The summed E-state index contributed by atoms with van der Waals surface area (Å²) in [6, 6.07) is 14.2. The summed E-state index contributed by atoms with van der Waals surface area (Å²) >= 11 is 1.29. The second-order valence-corrected chi connectivity index (χ2v) is 8.06. The first-order valence-electron chi connectivity index (χ1n) is 10.1. The van der Waals surface area contributed by atoms with E-state index in [0.717, 1.165) is 5.56 Å². The van der Waals surface area contributed by atoms with Gasteiger partial charge in [0.1, 0.15) is 5.76 Å². The molecule has 0 atom stereocenters. The number of rotatable bonds is 8. The number of nitrogens with one attached hydrogen (secondary N) is 1. The van der Waals surface area contributed by atoms with Crippen molar-refractivity contribution < 1.29 is 14.0 Å². The van der Waals surface area contributed by atoms with E-state index in [9.17, 15) is 9.59 Å². The minimum Gasteiger partial charge on any atom is -0.467 e. The Morgan fingerprint density at radius 1 is 1.09 bits per heavy atom. The first kappa shape index (κ1) is 22.3. The van der Waals surface area contributed by atoms with Crippen molar-refractivity contribution in [3.63, 3.8) is 0 Å². The molecule has 2 amide bonds. The average Bonchev–Trinajstić information content (AvgIpc) is 3.50. The monoisotopic (exact) mass is 462 g/mol. The number of carbonyl (C=O) groups excluding carboxylic acids is 2. The number of aromatic nitrogens is 4. The van der Waals surface area contributed by atoms with Crippen LogP contribution in [0.1, 0.15) is 16.1 Å². The Balaban J connectivity index is 1.42. The number of hydrogen-bond acceptors (Lipinski definition) is 7. The minimum absolute atomic E-state index is 0.140. The van der Waals surface area contributed by atoms with Crippen LogP contribution < -0.4 is 10.2 Å². The maximum atomic E-state index is 12.9. The lowest BCUT2D eigenvalue weighted by Crippen LogP contribution is -2.31. The highest BCUT2D eigenvalue weighted by atomic mass is 32.2. The van der Waals surface area contributed by atoms with E-state index in [2.05, 4.69) is 20.5 Å². The Hall–Kier alpha value is -3.92. The molecule has 0 spiro atoms. The topological polar surface area (TPSA) is 106 Å². The number of pyridine rings is 1. The van der Waals surface area contributed by atoms with Gasteiger partial charge in [-0.25, -0.2) is 0 Å². The van der Waals surface area contributed by atoms with E-state index in [1.54, 1.807) is 62.1 Å². The third kappa shape index (κ3) is 5.12. The molecule has 168 valence electrons. The van der Waals surface area contributed by atoms with Crippen molar-refractivity contribution in [1.82, 2.24) is 25.1 Å². The summed E-state index contributed by atoms with van der Waals surface area (Å²) < 4.78 is 7.09. The highest BCUT2D eigenvalue weighted by molar-refractivity contribution is 7.99. The molecule has 0 aliphatic rings. The standard InChI is InChI=1S/C23H22N6O3S/c1-28(19-8-4-3-7-18(19)22(31)25-14-17-6-5-13-32-17)20(30)15-33-23-27-26-21(29(23)2)16-9-11-24-12-10-16/h3-13H,14-15H2,1-2H3,(H,25,31). The Labute approximate surface area is 194 Å². The van der Waals surface area contributed by atoms with Crippen LogP contribution in [0.2, 0.25) is 0 Å². The highest BCUT2D eigenvalue weighted by Crippen LogP contribution is 2.24. The first-order valence-corrected chi connectivity index (χ1v) is 11.1. The van der Waals surface area contributed by atoms with Crippen LogP contribution in [0, 0.1) is 0 Å². The van der Waals surface area contributed by atoms with Crippen molar-refractivity contribution in [2.45, 2.75) is 11.7 Å². The SMILES string of the molecule is CN(C(=O)CSc1nnc(-c2ccncc2)n1C)c1ccccc1C(=O)NCc1ccco1. The number of benzene rings is 1. The molecule has 9 nitrogen and oxygen atoms in total. The molecule has 33 heavy (non-hydrogen) atoms. The Bertz CT molecular complexity index is 1240. The van der Waals surface area contributed by atoms with E-state index in [1.807, 2.05) is 23.7 Å². The molecule has 1 aromatic carbocycles. The van der Waals surface area contributed by atoms with Crippen molar-refractivity contribution in [2.75, 3.05) is 17.7 Å². The molecule has 4 rings (SSSR count). The molecular weight excluding hydrogens is 440 g/mol. The highest BCUT2D eigenvalue weighted by Gasteiger charge is 2.20. The fourth-order valence-electron chi connectivity index (χ4n) is 3.18. The molecule has 0 bridgehead atoms. The molecule has 0 aliphatic heterocycles. The van der Waals surface area contributed by atoms with Crippen LogP contribution >= 0.6 is 11.8 Å². The van der Waals surface area contributed by atoms with Gasteiger partial charge in [-0.15, -0.1) is 10.2 Å². The second kappa shape index (κ2) is 10.1. The van der Waals surface area contributed by atoms with Crippen molar-refractivity contribution in [3.05, 3.63) is 78.5 Å². The van der Waals surface area contributed by atoms with Crippen LogP contribution in [0.5, 0.6) is 0 Å². The molecule has 0 unspecified atom stereocenters. The number of thioether (sulfide) groups is 1. The van der Waals surface area contributed by atoms with Crippen LogP contribution in [0.3, 0.4) is 0 Å². The van der Waals surface area contributed by atoms with E-state index in [1.165, 1.54) is 16.7 Å². The zero-order valence-electron chi connectivity index (χ0n) is 18.1. The number of hydrogen-bond donors (Lipinski definition) is 1. The number of nitrogens with zero attached hydrogens (tertiary/aromatic N) is 5. The van der Waals surface area contributed by atoms with Gasteiger partial charge < -0.3 is 19.2 Å². The summed E-state index contributed by atoms with van der Waals surface area (Å²) in [6.07, 6.45) is 4.94. The Morgan fingerprint density at radius 3 is 2.64 bits per heavy atom. The fraction of sp³-hybridized carbons (Fsp3) is 0.174. The summed E-state index contributed by atoms with van der Waals surface area (Å²) in [4.78, 5) is 31.1. The smallest absolute Gasteiger partial charge is 0.253 e. The summed E-state index contributed by atoms with van der Waals surface area (Å²) in [5, 5.41) is 11.9. The Morgan fingerprint density at radius 2 is 1.88 bits per heavy atom. The number of furan rings is 1. The second-order valence-electron chi connectivity index (χ2n) is 7.12. The zero-order valence-corrected chi connectivity index (χ0v) is 19.0. The molecule has 0 aliphatic carbocycles. The van der Waals surface area contributed by atoms with Crippen molar-refractivity contribution >= 4 is 29.3 Å². The molecule has 4 aromatic rings. The predicted molar refractivity (Wildman–Crippen MR) is 125 cm³/mol. The lowest BCUT2D eigenvalue weighted by atomic mass is 10.1. The lowest BCUT2D eigenvalue weighted by Gasteiger charge is -2.20. The van der Waals surface area contributed by atoms with Crippen molar-refractivity contribution in [3.8, 4) is 11.4 Å². The molecule has 3 heterocycles. The summed E-state index contributed by atoms with van der Waals surface area (Å²) in [7, 11) is 3.51. The van der Waals surface area contributed by atoms with Gasteiger partial charge in [0, 0.05) is 32.1 Å². The van der Waals surface area contributed by atoms with E-state index in [0.29, 0.717) is 28.0 Å². The van der Waals surface area contributed by atoms with Gasteiger partial charge in [0.15, 0.2) is 11.0 Å². The average molecular weight is 463 g/mol. The van der Waals surface area contributed by atoms with E-state index >= 15 is 0 Å². The van der Waals surface area contributed by atoms with Gasteiger partial charge in [0.2, 0.25) is 5.91 Å². The molecule has 3 aromatic heterocycles. The number of carbonyl (C=O) groups is 2. The normalized spacial score (nSPS) is 10.7. The van der Waals surface area contributed by atoms with Crippen LogP contribution in [-0.4, -0.2) is 44.4 Å². The van der Waals surface area contributed by atoms with Crippen LogP contribution in [0.4, 0.5) is 5.69 Å². The number of amides is 2. The maximum absolute atomic E-state index is 12.9. The van der Waals surface area contributed by atoms with Gasteiger partial charge >= 0.3 is 0 Å². The van der Waals surface area contributed by atoms with Crippen molar-refractivity contribution in [2.24, 2.45) is 7.05 Å². The molecule has 1 N–H and O–H groups in total. The van der Waals surface area contributed by atoms with Crippen LogP contribution in [0.15, 0.2) is 76.8 Å². The molecule has 10 heteroatoms. The van der Waals surface area contributed by atoms with E-state index in [-0.39, 0.29) is 24.1 Å². The first-order chi connectivity index (χ1) is 16.0. The number of anilines is 1. The maximum Gasteiger partial charge on any atom is 0.253 e. The fourth-order valence-corrected chi connectivity index (χ4v) is 4.01. The third-order valence-corrected chi connectivity index (χ3v) is 5.99. The van der Waals surface area contributed by atoms with Gasteiger partial charge in [-0.2, -0.15) is 0 Å². The summed E-state index contributed by atoms with van der Waals surface area (Å²) in [5.74, 6) is 1.03. The van der Waals surface area contributed by atoms with Gasteiger partial charge in [-0.05, 0) is 36.4 Å². The minimum atomic E-state index is -0.287. The lowest BCUT2D eigenvalue weighted by molar-refractivity contribution is -0.115.